The van der Waals surface area contributed by atoms with Crippen molar-refractivity contribution in [1.29, 1.82) is 0 Å². The largest absolute Gasteiger partial charge is 0.380 e. The predicted octanol–water partition coefficient (Wildman–Crippen LogP) is 17.5. The van der Waals surface area contributed by atoms with Crippen LogP contribution in [0.4, 0.5) is 0 Å². The van der Waals surface area contributed by atoms with Crippen LogP contribution in [0, 0.1) is 57.2 Å². The van der Waals surface area contributed by atoms with Gasteiger partial charge in [0.05, 0.1) is 13.2 Å². The number of rotatable bonds is 22. The summed E-state index contributed by atoms with van der Waals surface area (Å²) in [5, 5.41) is 0. The second-order valence-electron chi connectivity index (χ2n) is 21.4. The van der Waals surface area contributed by atoms with Crippen molar-refractivity contribution in [2.75, 3.05) is 13.2 Å². The molecular formula is C56H94O. The summed E-state index contributed by atoms with van der Waals surface area (Å²) in [6.07, 6.45) is 67.5. The maximum atomic E-state index is 6.70. The molecule has 0 bridgehead atoms. The topological polar surface area (TPSA) is 9.23 Å². The standard InChI is InChI=1S/C56H94O/c1-5-9-15-35-53(55(37-17-13-18-38-55)51-27-23-47(24-28-51)21-11-7-3)41-31-49(32-42-53)45-57-46-50-33-43-54(44-34-50,36-16-10-6-2)56(39-19-14-20-40-56)52-29-25-48(26-30-52)22-12-8-4/h31-34,41-44,47-52H,5-30,35-40,45-46H2,1-4H3/t47-,48-,49-,50-,51-,52-,53-,54-. The average Bonchev–Trinajstić information content (AvgIpc) is 3.27. The van der Waals surface area contributed by atoms with E-state index in [0.717, 1.165) is 36.9 Å². The molecule has 0 saturated heterocycles. The van der Waals surface area contributed by atoms with E-state index in [1.807, 2.05) is 0 Å². The molecule has 0 amide bonds. The predicted molar refractivity (Wildman–Crippen MR) is 248 cm³/mol. The van der Waals surface area contributed by atoms with Crippen molar-refractivity contribution >= 4 is 0 Å². The van der Waals surface area contributed by atoms with Gasteiger partial charge < -0.3 is 4.74 Å². The van der Waals surface area contributed by atoms with Crippen LogP contribution in [0.25, 0.3) is 0 Å². The Labute approximate surface area is 355 Å². The van der Waals surface area contributed by atoms with Crippen molar-refractivity contribution in [3.05, 3.63) is 48.6 Å². The van der Waals surface area contributed by atoms with Crippen molar-refractivity contribution < 1.29 is 4.74 Å². The molecule has 57 heavy (non-hydrogen) atoms. The van der Waals surface area contributed by atoms with Crippen LogP contribution in [-0.4, -0.2) is 13.2 Å². The molecule has 1 heteroatoms. The number of ether oxygens (including phenoxy) is 1. The number of hydrogen-bond donors (Lipinski definition) is 0. The zero-order valence-corrected chi connectivity index (χ0v) is 38.5. The molecule has 6 aliphatic rings. The molecule has 4 fully saturated rings. The lowest BCUT2D eigenvalue weighted by Crippen LogP contribution is -2.48. The Morgan fingerprint density at radius 2 is 0.772 bits per heavy atom. The van der Waals surface area contributed by atoms with Gasteiger partial charge in [0, 0.05) is 22.7 Å². The molecule has 0 aliphatic heterocycles. The van der Waals surface area contributed by atoms with Crippen LogP contribution in [0.5, 0.6) is 0 Å². The van der Waals surface area contributed by atoms with Crippen molar-refractivity contribution in [2.45, 2.75) is 233 Å². The van der Waals surface area contributed by atoms with Gasteiger partial charge in [-0.2, -0.15) is 0 Å². The van der Waals surface area contributed by atoms with Crippen LogP contribution in [0.2, 0.25) is 0 Å². The van der Waals surface area contributed by atoms with E-state index in [1.54, 1.807) is 0 Å². The first kappa shape index (κ1) is 45.4. The molecule has 0 atom stereocenters. The summed E-state index contributed by atoms with van der Waals surface area (Å²) in [5.74, 6) is 4.64. The molecular weight excluding hydrogens is 689 g/mol. The van der Waals surface area contributed by atoms with Crippen molar-refractivity contribution in [3.8, 4) is 0 Å². The van der Waals surface area contributed by atoms with Crippen LogP contribution in [0.1, 0.15) is 233 Å². The third kappa shape index (κ3) is 10.9. The van der Waals surface area contributed by atoms with E-state index in [9.17, 15) is 0 Å². The zero-order valence-electron chi connectivity index (χ0n) is 38.5. The molecule has 0 aromatic rings. The van der Waals surface area contributed by atoms with Gasteiger partial charge in [0.15, 0.2) is 0 Å². The van der Waals surface area contributed by atoms with E-state index in [2.05, 4.69) is 76.3 Å². The first-order valence-corrected chi connectivity index (χ1v) is 26.3. The molecule has 0 unspecified atom stereocenters. The van der Waals surface area contributed by atoms with Crippen molar-refractivity contribution in [1.82, 2.24) is 0 Å². The van der Waals surface area contributed by atoms with Crippen LogP contribution in [0.3, 0.4) is 0 Å². The Morgan fingerprint density at radius 1 is 0.421 bits per heavy atom. The lowest BCUT2D eigenvalue weighted by Gasteiger charge is -2.57. The van der Waals surface area contributed by atoms with Gasteiger partial charge >= 0.3 is 0 Å². The van der Waals surface area contributed by atoms with Gasteiger partial charge in [-0.1, -0.05) is 218 Å². The number of allylic oxidation sites excluding steroid dienone is 4. The van der Waals surface area contributed by atoms with E-state index in [0.29, 0.717) is 22.7 Å². The lowest BCUT2D eigenvalue weighted by molar-refractivity contribution is -0.0295. The molecule has 6 aliphatic carbocycles. The minimum atomic E-state index is 0.250. The van der Waals surface area contributed by atoms with Gasteiger partial charge in [-0.25, -0.2) is 0 Å². The van der Waals surface area contributed by atoms with Crippen LogP contribution in [0.15, 0.2) is 48.6 Å². The highest BCUT2D eigenvalue weighted by Crippen LogP contribution is 2.64. The fourth-order valence-electron chi connectivity index (χ4n) is 14.7. The van der Waals surface area contributed by atoms with Gasteiger partial charge in [-0.05, 0) is 98.7 Å². The van der Waals surface area contributed by atoms with Gasteiger partial charge in [0.25, 0.3) is 0 Å². The lowest BCUT2D eigenvalue weighted by atomic mass is 9.47. The molecule has 0 aromatic heterocycles. The molecule has 0 heterocycles. The van der Waals surface area contributed by atoms with Crippen molar-refractivity contribution in [3.63, 3.8) is 0 Å². The quantitative estimate of drug-likeness (QED) is 0.0785. The number of unbranched alkanes of at least 4 members (excludes halogenated alkanes) is 6. The van der Waals surface area contributed by atoms with Crippen LogP contribution >= 0.6 is 0 Å². The Hall–Kier alpha value is -1.08. The van der Waals surface area contributed by atoms with E-state index in [1.165, 1.54) is 205 Å². The second kappa shape index (κ2) is 22.7. The Morgan fingerprint density at radius 3 is 1.11 bits per heavy atom. The Kier molecular flexibility index (Phi) is 18.1. The summed E-state index contributed by atoms with van der Waals surface area (Å²) >= 11 is 0. The maximum Gasteiger partial charge on any atom is 0.0563 e. The molecule has 0 radical (unpaired) electrons. The summed E-state index contributed by atoms with van der Waals surface area (Å²) in [4.78, 5) is 0. The minimum Gasteiger partial charge on any atom is -0.380 e. The smallest absolute Gasteiger partial charge is 0.0563 e. The third-order valence-electron chi connectivity index (χ3n) is 18.1. The minimum absolute atomic E-state index is 0.250. The zero-order chi connectivity index (χ0) is 39.9. The highest BCUT2D eigenvalue weighted by molar-refractivity contribution is 5.28. The fourth-order valence-corrected chi connectivity index (χ4v) is 14.7. The van der Waals surface area contributed by atoms with Gasteiger partial charge in [-0.15, -0.1) is 0 Å². The number of hydrogen-bond acceptors (Lipinski definition) is 1. The second-order valence-corrected chi connectivity index (χ2v) is 21.4. The highest BCUT2D eigenvalue weighted by Gasteiger charge is 2.55. The maximum absolute atomic E-state index is 6.70. The molecule has 0 aromatic carbocycles. The molecule has 0 N–H and O–H groups in total. The van der Waals surface area contributed by atoms with Gasteiger partial charge in [0.2, 0.25) is 0 Å². The monoisotopic (exact) mass is 783 g/mol. The van der Waals surface area contributed by atoms with E-state index in [-0.39, 0.29) is 10.8 Å². The Bertz CT molecular complexity index is 1110. The van der Waals surface area contributed by atoms with E-state index in [4.69, 9.17) is 4.74 Å². The SMILES string of the molecule is CCCCC[C@]1(C2([C@H]3CC[C@H](CCCC)CC3)CCCCC2)C=C[C@H](COC[C@H]2C=C[C@](CCCCC)(C3([C@H]4CC[C@H](CCCC)CC4)CCCCC3)C=C2)C=C1. The first-order chi connectivity index (χ1) is 28.0. The van der Waals surface area contributed by atoms with E-state index < -0.39 is 0 Å². The summed E-state index contributed by atoms with van der Waals surface area (Å²) in [6, 6.07) is 0. The van der Waals surface area contributed by atoms with Crippen molar-refractivity contribution in [2.24, 2.45) is 57.2 Å². The summed E-state index contributed by atoms with van der Waals surface area (Å²) < 4.78 is 6.70. The van der Waals surface area contributed by atoms with Crippen LogP contribution in [-0.2, 0) is 4.74 Å². The average molecular weight is 783 g/mol. The Balaban J connectivity index is 1.10. The fraction of sp³-hybridized carbons (Fsp3) is 0.857. The molecule has 6 rings (SSSR count). The summed E-state index contributed by atoms with van der Waals surface area (Å²) in [7, 11) is 0. The highest BCUT2D eigenvalue weighted by atomic mass is 16.5. The molecule has 0 spiro atoms. The molecule has 1 nitrogen and oxygen atoms in total. The van der Waals surface area contributed by atoms with Crippen LogP contribution < -0.4 is 0 Å². The van der Waals surface area contributed by atoms with Gasteiger partial charge in [0.1, 0.15) is 0 Å². The van der Waals surface area contributed by atoms with Gasteiger partial charge in [-0.3, -0.25) is 0 Å². The van der Waals surface area contributed by atoms with E-state index >= 15 is 0 Å². The summed E-state index contributed by atoms with van der Waals surface area (Å²) in [5.41, 5.74) is 1.44. The summed E-state index contributed by atoms with van der Waals surface area (Å²) in [6.45, 7) is 11.2. The molecule has 4 saturated carbocycles. The normalized spacial score (nSPS) is 35.1. The molecule has 324 valence electrons. The third-order valence-corrected chi connectivity index (χ3v) is 18.1. The first-order valence-electron chi connectivity index (χ1n) is 26.3.